The zero-order valence-electron chi connectivity index (χ0n) is 20.6. The molecule has 5 rings (SSSR count). The Labute approximate surface area is 226 Å². The second-order valence-corrected chi connectivity index (χ2v) is 10.2. The van der Waals surface area contributed by atoms with Gasteiger partial charge in [0.1, 0.15) is 5.75 Å². The zero-order valence-corrected chi connectivity index (χ0v) is 21.5. The SMILES string of the molecule is COc1cc(-c2cccc(C(F)(F)F)c2)c(C#N)cc1-c1nccc2cc(S(=O)(=O)Nc3ncccn3)ccc12. The summed E-state index contributed by atoms with van der Waals surface area (Å²) in [6.45, 7) is 0. The van der Waals surface area contributed by atoms with Gasteiger partial charge in [-0.05, 0) is 59.5 Å². The van der Waals surface area contributed by atoms with Crippen LogP contribution in [0.25, 0.3) is 33.2 Å². The molecule has 0 aliphatic rings. The van der Waals surface area contributed by atoms with Crippen LogP contribution in [0.5, 0.6) is 5.75 Å². The summed E-state index contributed by atoms with van der Waals surface area (Å²) in [5.41, 5.74) is 0.535. The van der Waals surface area contributed by atoms with Crippen molar-refractivity contribution in [1.82, 2.24) is 15.0 Å². The molecule has 12 heteroatoms. The highest BCUT2D eigenvalue weighted by Gasteiger charge is 2.31. The summed E-state index contributed by atoms with van der Waals surface area (Å²) in [6, 6.07) is 17.3. The number of hydrogen-bond acceptors (Lipinski definition) is 7. The van der Waals surface area contributed by atoms with E-state index in [1.165, 1.54) is 62.1 Å². The number of rotatable bonds is 6. The average molecular weight is 562 g/mol. The fourth-order valence-electron chi connectivity index (χ4n) is 4.20. The molecule has 5 aromatic rings. The first-order valence-electron chi connectivity index (χ1n) is 11.6. The second-order valence-electron chi connectivity index (χ2n) is 8.51. The lowest BCUT2D eigenvalue weighted by Gasteiger charge is -2.15. The van der Waals surface area contributed by atoms with E-state index in [2.05, 4.69) is 19.7 Å². The number of fused-ring (bicyclic) bond motifs is 1. The third kappa shape index (κ3) is 5.14. The largest absolute Gasteiger partial charge is 0.496 e. The number of nitrogens with zero attached hydrogens (tertiary/aromatic N) is 4. The molecule has 0 amide bonds. The van der Waals surface area contributed by atoms with Crippen LogP contribution in [0.3, 0.4) is 0 Å². The molecular weight excluding hydrogens is 543 g/mol. The molecule has 8 nitrogen and oxygen atoms in total. The molecule has 2 heterocycles. The number of aromatic nitrogens is 3. The Balaban J connectivity index is 1.61. The number of methoxy groups -OCH3 is 1. The van der Waals surface area contributed by atoms with Crippen LogP contribution in [-0.4, -0.2) is 30.5 Å². The van der Waals surface area contributed by atoms with E-state index < -0.39 is 21.8 Å². The number of hydrogen-bond donors (Lipinski definition) is 1. The molecule has 0 bridgehead atoms. The van der Waals surface area contributed by atoms with Crippen LogP contribution < -0.4 is 9.46 Å². The fourth-order valence-corrected chi connectivity index (χ4v) is 5.19. The van der Waals surface area contributed by atoms with Gasteiger partial charge in [0.25, 0.3) is 10.0 Å². The number of pyridine rings is 1. The van der Waals surface area contributed by atoms with Crippen LogP contribution >= 0.6 is 0 Å². The molecule has 0 atom stereocenters. The molecule has 40 heavy (non-hydrogen) atoms. The lowest BCUT2D eigenvalue weighted by Crippen LogP contribution is -2.14. The fraction of sp³-hybridized carbons (Fsp3) is 0.0714. The maximum absolute atomic E-state index is 13.3. The van der Waals surface area contributed by atoms with Gasteiger partial charge in [-0.2, -0.15) is 18.4 Å². The van der Waals surface area contributed by atoms with Gasteiger partial charge >= 0.3 is 6.18 Å². The van der Waals surface area contributed by atoms with Crippen LogP contribution in [0, 0.1) is 11.3 Å². The molecule has 0 radical (unpaired) electrons. The molecular formula is C28H18F3N5O3S. The number of nitriles is 1. The van der Waals surface area contributed by atoms with Gasteiger partial charge in [0, 0.05) is 35.1 Å². The van der Waals surface area contributed by atoms with E-state index in [0.717, 1.165) is 12.1 Å². The quantitative estimate of drug-likeness (QED) is 0.268. The van der Waals surface area contributed by atoms with Crippen LogP contribution in [0.15, 0.2) is 90.2 Å². The van der Waals surface area contributed by atoms with E-state index in [1.54, 1.807) is 18.2 Å². The number of ether oxygens (including phenoxy) is 1. The summed E-state index contributed by atoms with van der Waals surface area (Å²) < 4.78 is 73.6. The third-order valence-electron chi connectivity index (χ3n) is 6.05. The predicted molar refractivity (Wildman–Crippen MR) is 142 cm³/mol. The molecule has 0 unspecified atom stereocenters. The van der Waals surface area contributed by atoms with Crippen molar-refractivity contribution in [2.45, 2.75) is 11.1 Å². The van der Waals surface area contributed by atoms with Gasteiger partial charge in [-0.1, -0.05) is 18.2 Å². The monoisotopic (exact) mass is 561 g/mol. The highest BCUT2D eigenvalue weighted by atomic mass is 32.2. The molecule has 0 fully saturated rings. The zero-order chi connectivity index (χ0) is 28.5. The Morgan fingerprint density at radius 1 is 0.900 bits per heavy atom. The van der Waals surface area contributed by atoms with Crippen LogP contribution in [-0.2, 0) is 16.2 Å². The third-order valence-corrected chi connectivity index (χ3v) is 7.38. The Morgan fingerprint density at radius 2 is 1.68 bits per heavy atom. The molecule has 0 aliphatic carbocycles. The van der Waals surface area contributed by atoms with E-state index >= 15 is 0 Å². The first kappa shape index (κ1) is 26.6. The lowest BCUT2D eigenvalue weighted by atomic mass is 9.94. The summed E-state index contributed by atoms with van der Waals surface area (Å²) in [4.78, 5) is 12.2. The molecule has 0 saturated carbocycles. The summed E-state index contributed by atoms with van der Waals surface area (Å²) in [6.07, 6.45) is -0.252. The lowest BCUT2D eigenvalue weighted by molar-refractivity contribution is -0.137. The van der Waals surface area contributed by atoms with Crippen molar-refractivity contribution in [3.63, 3.8) is 0 Å². The Kier molecular flexibility index (Phi) is 6.83. The van der Waals surface area contributed by atoms with Gasteiger partial charge in [0.2, 0.25) is 5.95 Å². The Morgan fingerprint density at radius 3 is 2.38 bits per heavy atom. The Hall–Kier alpha value is -5.02. The first-order chi connectivity index (χ1) is 19.1. The summed E-state index contributed by atoms with van der Waals surface area (Å²) in [5, 5.41) is 11.0. The maximum Gasteiger partial charge on any atom is 0.416 e. The number of benzene rings is 3. The van der Waals surface area contributed by atoms with Crippen LogP contribution in [0.1, 0.15) is 11.1 Å². The summed E-state index contributed by atoms with van der Waals surface area (Å²) >= 11 is 0. The van der Waals surface area contributed by atoms with Crippen molar-refractivity contribution in [1.29, 1.82) is 5.26 Å². The smallest absolute Gasteiger partial charge is 0.416 e. The van der Waals surface area contributed by atoms with E-state index in [-0.39, 0.29) is 33.3 Å². The van der Waals surface area contributed by atoms with Gasteiger partial charge in [0.15, 0.2) is 0 Å². The van der Waals surface area contributed by atoms with Gasteiger partial charge in [-0.25, -0.2) is 23.1 Å². The van der Waals surface area contributed by atoms with Gasteiger partial charge in [-0.15, -0.1) is 0 Å². The standard InChI is InChI=1S/C28H18F3N5O3S/c1-39-25-15-23(17-4-2-5-20(12-17)28(29,30)31)19(16-32)14-24(25)26-22-7-6-21(13-18(22)8-11-33-26)40(37,38)36-27-34-9-3-10-35-27/h2-15H,1H3,(H,34,35,36). The molecule has 0 spiro atoms. The normalized spacial score (nSPS) is 11.7. The van der Waals surface area contributed by atoms with Crippen molar-refractivity contribution in [2.24, 2.45) is 0 Å². The molecule has 0 saturated heterocycles. The molecule has 200 valence electrons. The van der Waals surface area contributed by atoms with Crippen molar-refractivity contribution in [3.05, 3.63) is 96.4 Å². The van der Waals surface area contributed by atoms with Crippen molar-refractivity contribution in [3.8, 4) is 34.2 Å². The van der Waals surface area contributed by atoms with Gasteiger partial charge in [-0.3, -0.25) is 4.98 Å². The summed E-state index contributed by atoms with van der Waals surface area (Å²) in [7, 11) is -2.60. The van der Waals surface area contributed by atoms with Gasteiger partial charge < -0.3 is 4.74 Å². The minimum absolute atomic E-state index is 0.0332. The molecule has 1 N–H and O–H groups in total. The van der Waals surface area contributed by atoms with E-state index in [0.29, 0.717) is 22.0 Å². The number of anilines is 1. The first-order valence-corrected chi connectivity index (χ1v) is 13.1. The van der Waals surface area contributed by atoms with Crippen LogP contribution in [0.2, 0.25) is 0 Å². The molecule has 0 aliphatic heterocycles. The Bertz CT molecular complexity index is 1890. The predicted octanol–water partition coefficient (Wildman–Crippen LogP) is 6.06. The molecule has 2 aromatic heterocycles. The highest BCUT2D eigenvalue weighted by molar-refractivity contribution is 7.92. The number of alkyl halides is 3. The number of sulfonamides is 1. The second kappa shape index (κ2) is 10.3. The summed E-state index contributed by atoms with van der Waals surface area (Å²) in [5.74, 6) is 0.193. The average Bonchev–Trinajstić information content (AvgIpc) is 2.95. The maximum atomic E-state index is 13.3. The van der Waals surface area contributed by atoms with E-state index in [9.17, 15) is 26.9 Å². The topological polar surface area (TPSA) is 118 Å². The number of halogens is 3. The van der Waals surface area contributed by atoms with Gasteiger partial charge in [0.05, 0.1) is 34.9 Å². The van der Waals surface area contributed by atoms with Crippen molar-refractivity contribution in [2.75, 3.05) is 11.8 Å². The van der Waals surface area contributed by atoms with E-state index in [1.807, 2.05) is 6.07 Å². The number of nitrogens with one attached hydrogen (secondary N) is 1. The highest BCUT2D eigenvalue weighted by Crippen LogP contribution is 2.40. The van der Waals surface area contributed by atoms with Crippen molar-refractivity contribution < 1.29 is 26.3 Å². The molecule has 3 aromatic carbocycles. The minimum Gasteiger partial charge on any atom is -0.496 e. The van der Waals surface area contributed by atoms with E-state index in [4.69, 9.17) is 4.74 Å². The van der Waals surface area contributed by atoms with Crippen molar-refractivity contribution >= 4 is 26.7 Å². The minimum atomic E-state index is -4.55. The van der Waals surface area contributed by atoms with Crippen LogP contribution in [0.4, 0.5) is 19.1 Å².